The number of carbonyl (C=O) groups excluding carboxylic acids is 1. The molecular formula is C13H16BrN3O. The molecule has 0 spiro atoms. The summed E-state index contributed by atoms with van der Waals surface area (Å²) in [5.41, 5.74) is 2.84. The monoisotopic (exact) mass is 309 g/mol. The summed E-state index contributed by atoms with van der Waals surface area (Å²) in [7, 11) is 1.93. The third-order valence-electron chi connectivity index (χ3n) is 3.01. The zero-order chi connectivity index (χ0) is 13.3. The predicted octanol–water partition coefficient (Wildman–Crippen LogP) is 2.80. The summed E-state index contributed by atoms with van der Waals surface area (Å²) in [6.45, 7) is 4.31. The number of rotatable bonds is 4. The maximum absolute atomic E-state index is 11.5. The summed E-state index contributed by atoms with van der Waals surface area (Å²) >= 11 is 3.59. The predicted molar refractivity (Wildman–Crippen MR) is 73.8 cm³/mol. The van der Waals surface area contributed by atoms with E-state index in [-0.39, 0.29) is 5.78 Å². The first-order valence-corrected chi connectivity index (χ1v) is 6.70. The molecule has 2 heterocycles. The van der Waals surface area contributed by atoms with Crippen LogP contribution in [0.5, 0.6) is 0 Å². The second-order valence-electron chi connectivity index (χ2n) is 4.26. The number of hydrogen-bond donors (Lipinski definition) is 0. The Morgan fingerprint density at radius 3 is 2.78 bits per heavy atom. The van der Waals surface area contributed by atoms with E-state index in [0.29, 0.717) is 6.54 Å². The van der Waals surface area contributed by atoms with E-state index >= 15 is 0 Å². The molecular weight excluding hydrogens is 294 g/mol. The van der Waals surface area contributed by atoms with Gasteiger partial charge in [0.15, 0.2) is 5.78 Å². The molecule has 2 aromatic heterocycles. The van der Waals surface area contributed by atoms with Crippen molar-refractivity contribution in [3.05, 3.63) is 39.9 Å². The summed E-state index contributed by atoms with van der Waals surface area (Å²) in [5, 5.41) is 4.46. The highest BCUT2D eigenvalue weighted by atomic mass is 79.9. The summed E-state index contributed by atoms with van der Waals surface area (Å²) in [4.78, 5) is 11.5. The molecule has 0 bridgehead atoms. The molecule has 0 N–H and O–H groups in total. The van der Waals surface area contributed by atoms with E-state index in [1.807, 2.05) is 34.6 Å². The third-order valence-corrected chi connectivity index (χ3v) is 3.93. The van der Waals surface area contributed by atoms with Gasteiger partial charge in [0.2, 0.25) is 0 Å². The minimum Gasteiger partial charge on any atom is -0.339 e. The van der Waals surface area contributed by atoms with Gasteiger partial charge in [-0.3, -0.25) is 9.48 Å². The highest BCUT2D eigenvalue weighted by Gasteiger charge is 2.14. The molecule has 0 saturated carbocycles. The topological polar surface area (TPSA) is 39.8 Å². The molecule has 4 nitrogen and oxygen atoms in total. The van der Waals surface area contributed by atoms with E-state index in [1.165, 1.54) is 0 Å². The van der Waals surface area contributed by atoms with Crippen LogP contribution in [0.2, 0.25) is 0 Å². The molecule has 0 atom stereocenters. The molecule has 0 amide bonds. The molecule has 2 rings (SSSR count). The SMILES string of the molecule is CCc1nn(C)c(Cn2cccc2C(C)=O)c1Br. The van der Waals surface area contributed by atoms with Gasteiger partial charge in [0.25, 0.3) is 0 Å². The van der Waals surface area contributed by atoms with Crippen LogP contribution in [0.1, 0.15) is 35.7 Å². The van der Waals surface area contributed by atoms with Crippen molar-refractivity contribution in [2.75, 3.05) is 0 Å². The Hall–Kier alpha value is -1.36. The van der Waals surface area contributed by atoms with Crippen LogP contribution in [0.25, 0.3) is 0 Å². The summed E-state index contributed by atoms with van der Waals surface area (Å²) < 4.78 is 4.85. The van der Waals surface area contributed by atoms with Crippen LogP contribution in [0.4, 0.5) is 0 Å². The molecule has 5 heteroatoms. The number of carbonyl (C=O) groups is 1. The van der Waals surface area contributed by atoms with Crippen molar-refractivity contribution in [3.63, 3.8) is 0 Å². The van der Waals surface area contributed by atoms with Crippen LogP contribution >= 0.6 is 15.9 Å². The van der Waals surface area contributed by atoms with Gasteiger partial charge in [-0.1, -0.05) is 6.92 Å². The fourth-order valence-corrected chi connectivity index (χ4v) is 2.77. The van der Waals surface area contributed by atoms with Gasteiger partial charge in [-0.2, -0.15) is 5.10 Å². The van der Waals surface area contributed by atoms with Gasteiger partial charge < -0.3 is 4.57 Å². The molecule has 96 valence electrons. The molecule has 18 heavy (non-hydrogen) atoms. The van der Waals surface area contributed by atoms with Crippen molar-refractivity contribution in [2.24, 2.45) is 7.05 Å². The Kier molecular flexibility index (Phi) is 3.71. The Bertz CT molecular complexity index is 583. The lowest BCUT2D eigenvalue weighted by molar-refractivity contribution is 0.100. The third kappa shape index (κ3) is 2.27. The van der Waals surface area contributed by atoms with Gasteiger partial charge in [0.05, 0.1) is 28.1 Å². The highest BCUT2D eigenvalue weighted by Crippen LogP contribution is 2.23. The van der Waals surface area contributed by atoms with Crippen molar-refractivity contribution in [2.45, 2.75) is 26.8 Å². The number of hydrogen-bond acceptors (Lipinski definition) is 2. The van der Waals surface area contributed by atoms with Gasteiger partial charge in [0.1, 0.15) is 0 Å². The lowest BCUT2D eigenvalue weighted by Crippen LogP contribution is -2.10. The van der Waals surface area contributed by atoms with E-state index < -0.39 is 0 Å². The Balaban J connectivity index is 2.37. The minimum atomic E-state index is 0.0778. The van der Waals surface area contributed by atoms with Crippen LogP contribution in [-0.4, -0.2) is 20.1 Å². The molecule has 0 aromatic carbocycles. The van der Waals surface area contributed by atoms with Crippen LogP contribution < -0.4 is 0 Å². The van der Waals surface area contributed by atoms with Crippen molar-refractivity contribution in [1.82, 2.24) is 14.3 Å². The molecule has 0 saturated heterocycles. The zero-order valence-corrected chi connectivity index (χ0v) is 12.4. The van der Waals surface area contributed by atoms with Crippen molar-refractivity contribution < 1.29 is 4.79 Å². The number of nitrogens with zero attached hydrogens (tertiary/aromatic N) is 3. The zero-order valence-electron chi connectivity index (χ0n) is 10.8. The number of aryl methyl sites for hydroxylation is 2. The molecule has 0 aliphatic heterocycles. The Morgan fingerprint density at radius 2 is 2.22 bits per heavy atom. The fraction of sp³-hybridized carbons (Fsp3) is 0.385. The van der Waals surface area contributed by atoms with E-state index in [1.54, 1.807) is 6.92 Å². The molecule has 0 aliphatic carbocycles. The lowest BCUT2D eigenvalue weighted by atomic mass is 10.3. The van der Waals surface area contributed by atoms with E-state index in [4.69, 9.17) is 0 Å². The second-order valence-corrected chi connectivity index (χ2v) is 5.06. The van der Waals surface area contributed by atoms with Crippen molar-refractivity contribution >= 4 is 21.7 Å². The fourth-order valence-electron chi connectivity index (χ4n) is 2.02. The molecule has 0 unspecified atom stereocenters. The first kappa shape index (κ1) is 13.1. The summed E-state index contributed by atoms with van der Waals surface area (Å²) in [6.07, 6.45) is 2.81. The number of aromatic nitrogens is 3. The number of Topliss-reactive ketones (excluding diaryl/α,β-unsaturated/α-hetero) is 1. The van der Waals surface area contributed by atoms with Crippen molar-refractivity contribution in [1.29, 1.82) is 0 Å². The quantitative estimate of drug-likeness (QED) is 0.815. The lowest BCUT2D eigenvalue weighted by Gasteiger charge is -2.08. The summed E-state index contributed by atoms with van der Waals surface area (Å²) in [6, 6.07) is 3.73. The molecule has 0 aliphatic rings. The smallest absolute Gasteiger partial charge is 0.176 e. The first-order chi connectivity index (χ1) is 8.54. The van der Waals surface area contributed by atoms with Crippen LogP contribution in [0.3, 0.4) is 0 Å². The number of ketones is 1. The van der Waals surface area contributed by atoms with Crippen molar-refractivity contribution in [3.8, 4) is 0 Å². The normalized spacial score (nSPS) is 10.9. The Labute approximate surface area is 115 Å². The highest BCUT2D eigenvalue weighted by molar-refractivity contribution is 9.10. The average Bonchev–Trinajstić information content (AvgIpc) is 2.88. The second kappa shape index (κ2) is 5.10. The molecule has 0 fully saturated rings. The number of halogens is 1. The molecule has 0 radical (unpaired) electrons. The average molecular weight is 310 g/mol. The first-order valence-electron chi connectivity index (χ1n) is 5.91. The van der Waals surface area contributed by atoms with Gasteiger partial charge in [-0.15, -0.1) is 0 Å². The van der Waals surface area contributed by atoms with E-state index in [0.717, 1.165) is 28.0 Å². The van der Waals surface area contributed by atoms with Crippen LogP contribution in [0, 0.1) is 0 Å². The standard InChI is InChI=1S/C13H16BrN3O/c1-4-10-13(14)12(16(3)15-10)8-17-7-5-6-11(17)9(2)18/h5-7H,4,8H2,1-3H3. The maximum Gasteiger partial charge on any atom is 0.176 e. The maximum atomic E-state index is 11.5. The minimum absolute atomic E-state index is 0.0778. The largest absolute Gasteiger partial charge is 0.339 e. The van der Waals surface area contributed by atoms with Crippen LogP contribution in [-0.2, 0) is 20.0 Å². The van der Waals surface area contributed by atoms with Crippen LogP contribution in [0.15, 0.2) is 22.8 Å². The van der Waals surface area contributed by atoms with E-state index in [2.05, 4.69) is 28.0 Å². The van der Waals surface area contributed by atoms with E-state index in [9.17, 15) is 4.79 Å². The molecule has 2 aromatic rings. The van der Waals surface area contributed by atoms with Gasteiger partial charge in [-0.05, 0) is 34.5 Å². The van der Waals surface area contributed by atoms with Gasteiger partial charge in [-0.25, -0.2) is 0 Å². The van der Waals surface area contributed by atoms with Gasteiger partial charge in [0, 0.05) is 20.2 Å². The summed E-state index contributed by atoms with van der Waals surface area (Å²) in [5.74, 6) is 0.0778. The Morgan fingerprint density at radius 1 is 1.50 bits per heavy atom. The van der Waals surface area contributed by atoms with Gasteiger partial charge >= 0.3 is 0 Å².